The van der Waals surface area contributed by atoms with Crippen LogP contribution < -0.4 is 0 Å². The minimum Gasteiger partial charge on any atom is -0.466 e. The van der Waals surface area contributed by atoms with Gasteiger partial charge in [-0.15, -0.1) is 0 Å². The maximum atomic E-state index is 11.4. The first-order chi connectivity index (χ1) is 7.95. The van der Waals surface area contributed by atoms with E-state index in [0.717, 1.165) is 5.56 Å². The Bertz CT molecular complexity index is 454. The summed E-state index contributed by atoms with van der Waals surface area (Å²) >= 11 is 0. The zero-order valence-electron chi connectivity index (χ0n) is 10.1. The number of aryl methyl sites for hydroxylation is 2. The fraction of sp³-hybridized carbons (Fsp3) is 0.417. The molecule has 0 aliphatic rings. The molecule has 5 heteroatoms. The Balaban J connectivity index is 3.12. The Kier molecular flexibility index (Phi) is 4.20. The van der Waals surface area contributed by atoms with E-state index in [1.54, 1.807) is 26.0 Å². The number of nitro groups is 1. The van der Waals surface area contributed by atoms with Crippen LogP contribution in [0.25, 0.3) is 0 Å². The molecule has 0 amide bonds. The average Bonchev–Trinajstić information content (AvgIpc) is 2.15. The lowest BCUT2D eigenvalue weighted by atomic mass is 10.0. The van der Waals surface area contributed by atoms with Crippen LogP contribution in [-0.4, -0.2) is 17.5 Å². The number of hydrogen-bond acceptors (Lipinski definition) is 4. The van der Waals surface area contributed by atoms with E-state index in [9.17, 15) is 14.9 Å². The van der Waals surface area contributed by atoms with Gasteiger partial charge < -0.3 is 4.74 Å². The number of ether oxygens (including phenoxy) is 1. The molecular formula is C12H15NO4. The van der Waals surface area contributed by atoms with Gasteiger partial charge in [-0.05, 0) is 32.9 Å². The summed E-state index contributed by atoms with van der Waals surface area (Å²) in [6, 6.07) is 3.38. The standard InChI is InChI=1S/C12H15NO4/c1-4-17-11(14)7-10-6-8(2)5-9(3)12(10)13(15)16/h5-6H,4,7H2,1-3H3. The Labute approximate surface area is 99.5 Å². The molecule has 92 valence electrons. The zero-order valence-corrected chi connectivity index (χ0v) is 10.1. The molecular weight excluding hydrogens is 222 g/mol. The van der Waals surface area contributed by atoms with Crippen molar-refractivity contribution in [2.24, 2.45) is 0 Å². The minimum absolute atomic E-state index is 0.00338. The number of esters is 1. The van der Waals surface area contributed by atoms with Gasteiger partial charge in [-0.25, -0.2) is 0 Å². The Morgan fingerprint density at radius 2 is 2.06 bits per heavy atom. The normalized spacial score (nSPS) is 10.1. The molecule has 0 unspecified atom stereocenters. The topological polar surface area (TPSA) is 69.4 Å². The van der Waals surface area contributed by atoms with Crippen LogP contribution in [0.1, 0.15) is 23.6 Å². The maximum absolute atomic E-state index is 11.4. The molecule has 1 aromatic rings. The molecule has 0 spiro atoms. The number of hydrogen-bond donors (Lipinski definition) is 0. The highest BCUT2D eigenvalue weighted by atomic mass is 16.6. The number of carbonyl (C=O) groups excluding carboxylic acids is 1. The first-order valence-corrected chi connectivity index (χ1v) is 5.35. The molecule has 0 heterocycles. The van der Waals surface area contributed by atoms with Crippen LogP contribution in [0.5, 0.6) is 0 Å². The van der Waals surface area contributed by atoms with Gasteiger partial charge in [0.2, 0.25) is 0 Å². The van der Waals surface area contributed by atoms with Gasteiger partial charge >= 0.3 is 5.97 Å². The lowest BCUT2D eigenvalue weighted by Crippen LogP contribution is -2.10. The van der Waals surface area contributed by atoms with E-state index in [1.807, 2.05) is 6.92 Å². The molecule has 0 atom stereocenters. The summed E-state index contributed by atoms with van der Waals surface area (Å²) in [5.74, 6) is -0.444. The second-order valence-electron chi connectivity index (χ2n) is 3.83. The van der Waals surface area contributed by atoms with Crippen LogP contribution >= 0.6 is 0 Å². The van der Waals surface area contributed by atoms with Gasteiger partial charge in [0.15, 0.2) is 0 Å². The molecule has 0 aliphatic heterocycles. The molecule has 0 bridgehead atoms. The van der Waals surface area contributed by atoms with E-state index in [4.69, 9.17) is 4.74 Å². The summed E-state index contributed by atoms with van der Waals surface area (Å²) in [7, 11) is 0. The van der Waals surface area contributed by atoms with Crippen LogP contribution in [0.4, 0.5) is 5.69 Å². The third kappa shape index (κ3) is 3.27. The summed E-state index contributed by atoms with van der Waals surface area (Å²) < 4.78 is 4.80. The van der Waals surface area contributed by atoms with Crippen LogP contribution in [0, 0.1) is 24.0 Å². The van der Waals surface area contributed by atoms with E-state index in [1.165, 1.54) is 0 Å². The molecule has 1 aromatic carbocycles. The Morgan fingerprint density at radius 3 is 2.59 bits per heavy atom. The highest BCUT2D eigenvalue weighted by molar-refractivity contribution is 5.74. The Morgan fingerprint density at radius 1 is 1.41 bits per heavy atom. The van der Waals surface area contributed by atoms with Crippen LogP contribution in [-0.2, 0) is 16.0 Å². The van der Waals surface area contributed by atoms with E-state index in [0.29, 0.717) is 11.1 Å². The summed E-state index contributed by atoms with van der Waals surface area (Å²) in [6.45, 7) is 5.48. The second-order valence-corrected chi connectivity index (χ2v) is 3.83. The van der Waals surface area contributed by atoms with Crippen LogP contribution in [0.3, 0.4) is 0 Å². The molecule has 0 aliphatic carbocycles. The van der Waals surface area contributed by atoms with Crippen molar-refractivity contribution in [3.63, 3.8) is 0 Å². The van der Waals surface area contributed by atoms with Crippen molar-refractivity contribution in [1.82, 2.24) is 0 Å². The van der Waals surface area contributed by atoms with E-state index < -0.39 is 10.9 Å². The van der Waals surface area contributed by atoms with Crippen molar-refractivity contribution in [2.75, 3.05) is 6.61 Å². The fourth-order valence-electron chi connectivity index (χ4n) is 1.81. The largest absolute Gasteiger partial charge is 0.466 e. The SMILES string of the molecule is CCOC(=O)Cc1cc(C)cc(C)c1[N+](=O)[O-]. The van der Waals surface area contributed by atoms with Gasteiger partial charge in [0.05, 0.1) is 18.0 Å². The summed E-state index contributed by atoms with van der Waals surface area (Å²) in [4.78, 5) is 21.9. The quantitative estimate of drug-likeness (QED) is 0.457. The third-order valence-corrected chi connectivity index (χ3v) is 2.35. The number of nitro benzene ring substituents is 1. The molecule has 5 nitrogen and oxygen atoms in total. The van der Waals surface area contributed by atoms with Gasteiger partial charge in [-0.1, -0.05) is 5.56 Å². The molecule has 0 saturated carbocycles. The van der Waals surface area contributed by atoms with E-state index in [-0.39, 0.29) is 18.7 Å². The maximum Gasteiger partial charge on any atom is 0.310 e. The molecule has 0 aromatic heterocycles. The number of carbonyl (C=O) groups is 1. The Hall–Kier alpha value is -1.91. The smallest absolute Gasteiger partial charge is 0.310 e. The molecule has 1 rings (SSSR count). The number of benzene rings is 1. The monoisotopic (exact) mass is 237 g/mol. The van der Waals surface area contributed by atoms with Crippen LogP contribution in [0.2, 0.25) is 0 Å². The highest BCUT2D eigenvalue weighted by Gasteiger charge is 2.20. The van der Waals surface area contributed by atoms with Crippen molar-refractivity contribution in [3.05, 3.63) is 38.9 Å². The van der Waals surface area contributed by atoms with E-state index in [2.05, 4.69) is 0 Å². The molecule has 0 saturated heterocycles. The highest BCUT2D eigenvalue weighted by Crippen LogP contribution is 2.25. The predicted molar refractivity (Wildman–Crippen MR) is 62.9 cm³/mol. The first kappa shape index (κ1) is 13.2. The van der Waals surface area contributed by atoms with Gasteiger partial charge in [-0.3, -0.25) is 14.9 Å². The summed E-state index contributed by atoms with van der Waals surface area (Å²) in [5, 5.41) is 10.9. The third-order valence-electron chi connectivity index (χ3n) is 2.35. The van der Waals surface area contributed by atoms with Crippen molar-refractivity contribution in [3.8, 4) is 0 Å². The number of nitrogens with zero attached hydrogens (tertiary/aromatic N) is 1. The zero-order chi connectivity index (χ0) is 13.0. The molecule has 0 fully saturated rings. The lowest BCUT2D eigenvalue weighted by molar-refractivity contribution is -0.386. The van der Waals surface area contributed by atoms with Gasteiger partial charge in [0.1, 0.15) is 0 Å². The molecule has 17 heavy (non-hydrogen) atoms. The van der Waals surface area contributed by atoms with Gasteiger partial charge in [0.25, 0.3) is 5.69 Å². The minimum atomic E-state index is -0.455. The predicted octanol–water partition coefficient (Wildman–Crippen LogP) is 2.32. The van der Waals surface area contributed by atoms with E-state index >= 15 is 0 Å². The van der Waals surface area contributed by atoms with Crippen molar-refractivity contribution in [1.29, 1.82) is 0 Å². The van der Waals surface area contributed by atoms with Crippen molar-refractivity contribution >= 4 is 11.7 Å². The first-order valence-electron chi connectivity index (χ1n) is 5.35. The average molecular weight is 237 g/mol. The number of rotatable bonds is 4. The molecule has 0 radical (unpaired) electrons. The summed E-state index contributed by atoms with van der Waals surface area (Å²) in [5.41, 5.74) is 1.87. The van der Waals surface area contributed by atoms with Gasteiger partial charge in [0, 0.05) is 11.1 Å². The summed E-state index contributed by atoms with van der Waals surface area (Å²) in [6.07, 6.45) is -0.0628. The van der Waals surface area contributed by atoms with Crippen molar-refractivity contribution in [2.45, 2.75) is 27.2 Å². The fourth-order valence-corrected chi connectivity index (χ4v) is 1.81. The molecule has 0 N–H and O–H groups in total. The second kappa shape index (κ2) is 5.43. The lowest BCUT2D eigenvalue weighted by Gasteiger charge is -2.07. The van der Waals surface area contributed by atoms with Crippen LogP contribution in [0.15, 0.2) is 12.1 Å². The van der Waals surface area contributed by atoms with Gasteiger partial charge in [-0.2, -0.15) is 0 Å². The van der Waals surface area contributed by atoms with Crippen molar-refractivity contribution < 1.29 is 14.5 Å².